The van der Waals surface area contributed by atoms with E-state index in [4.69, 9.17) is 10.3 Å². The summed E-state index contributed by atoms with van der Waals surface area (Å²) in [7, 11) is 0. The number of aromatic nitrogens is 4. The highest BCUT2D eigenvalue weighted by atomic mass is 19.1. The van der Waals surface area contributed by atoms with E-state index >= 15 is 0 Å². The molecule has 5 rings (SSSR count). The summed E-state index contributed by atoms with van der Waals surface area (Å²) in [6, 6.07) is 10.8. The largest absolute Gasteiger partial charge is 0.489 e. The van der Waals surface area contributed by atoms with Crippen LogP contribution >= 0.6 is 0 Å². The van der Waals surface area contributed by atoms with Gasteiger partial charge in [-0.25, -0.2) is 34.2 Å². The molecule has 1 saturated heterocycles. The average molecular weight is 532 g/mol. The molecular formula is C27H27F2N9O. The number of nitrogens with zero attached hydrogens (tertiary/aromatic N) is 6. The van der Waals surface area contributed by atoms with Crippen molar-refractivity contribution in [3.63, 3.8) is 0 Å². The van der Waals surface area contributed by atoms with Crippen LogP contribution in [-0.4, -0.2) is 64.2 Å². The first-order chi connectivity index (χ1) is 19.1. The molecule has 0 aliphatic carbocycles. The van der Waals surface area contributed by atoms with Crippen molar-refractivity contribution in [3.8, 4) is 28.4 Å². The first kappa shape index (κ1) is 26.2. The van der Waals surface area contributed by atoms with Crippen LogP contribution in [0.3, 0.4) is 0 Å². The van der Waals surface area contributed by atoms with Crippen molar-refractivity contribution in [2.45, 2.75) is 6.54 Å². The standard InChI is InChI=1S/C27H27F2N9O/c28-21-11-20(12-22(29)13-21)24-17-35-27(37-30)26(36-24)32-14-18-2-1-3-19(10-18)25-33-15-23(16-34-25)39-9-8-38-6-4-31-5-7-38/h1-3,10-13,15-17,30-31H,4-9,14H2,(H,32,36). The molecule has 12 heteroatoms. The number of halogens is 2. The van der Waals surface area contributed by atoms with E-state index in [-0.39, 0.29) is 22.9 Å². The second kappa shape index (κ2) is 12.4. The van der Waals surface area contributed by atoms with Gasteiger partial charge >= 0.3 is 0 Å². The van der Waals surface area contributed by atoms with Gasteiger partial charge in [0.05, 0.1) is 24.3 Å². The Bertz CT molecular complexity index is 1410. The normalized spacial score (nSPS) is 13.7. The lowest BCUT2D eigenvalue weighted by Crippen LogP contribution is -2.44. The molecule has 200 valence electrons. The molecule has 0 unspecified atom stereocenters. The Hall–Kier alpha value is -4.42. The molecule has 2 aromatic carbocycles. The summed E-state index contributed by atoms with van der Waals surface area (Å²) < 4.78 is 33.2. The van der Waals surface area contributed by atoms with Crippen LogP contribution in [0.5, 0.6) is 5.75 Å². The molecule has 0 saturated carbocycles. The second-order valence-corrected chi connectivity index (χ2v) is 8.93. The molecule has 0 radical (unpaired) electrons. The van der Waals surface area contributed by atoms with Gasteiger partial charge in [-0.3, -0.25) is 4.90 Å². The summed E-state index contributed by atoms with van der Waals surface area (Å²) in [5.74, 6) is 0.0192. The first-order valence-corrected chi connectivity index (χ1v) is 12.5. The van der Waals surface area contributed by atoms with Gasteiger partial charge in [-0.2, -0.15) is 0 Å². The van der Waals surface area contributed by atoms with E-state index in [0.717, 1.165) is 49.9 Å². The van der Waals surface area contributed by atoms with Crippen LogP contribution in [0.1, 0.15) is 5.56 Å². The summed E-state index contributed by atoms with van der Waals surface area (Å²) >= 11 is 0. The molecule has 3 heterocycles. The van der Waals surface area contributed by atoms with E-state index in [2.05, 4.69) is 40.6 Å². The SMILES string of the molecule is N=Nc1ncc(-c2cc(F)cc(F)c2)nc1NCc1cccc(-c2ncc(OCCN3CCNCC3)cn2)c1. The zero-order valence-electron chi connectivity index (χ0n) is 21.1. The third-order valence-corrected chi connectivity index (χ3v) is 6.18. The lowest BCUT2D eigenvalue weighted by Gasteiger charge is -2.26. The fraction of sp³-hybridized carbons (Fsp3) is 0.259. The van der Waals surface area contributed by atoms with Crippen molar-refractivity contribution in [2.75, 3.05) is 44.6 Å². The molecule has 1 fully saturated rings. The number of benzene rings is 2. The molecule has 4 aromatic rings. The van der Waals surface area contributed by atoms with Gasteiger partial charge in [-0.15, -0.1) is 5.11 Å². The van der Waals surface area contributed by atoms with Crippen LogP contribution in [0.4, 0.5) is 20.4 Å². The number of piperazine rings is 1. The quantitative estimate of drug-likeness (QED) is 0.257. The van der Waals surface area contributed by atoms with Gasteiger partial charge in [-0.05, 0) is 23.8 Å². The molecule has 0 bridgehead atoms. The highest BCUT2D eigenvalue weighted by Crippen LogP contribution is 2.27. The first-order valence-electron chi connectivity index (χ1n) is 12.5. The highest BCUT2D eigenvalue weighted by molar-refractivity contribution is 5.65. The molecular weight excluding hydrogens is 504 g/mol. The molecule has 39 heavy (non-hydrogen) atoms. The molecule has 2 aromatic heterocycles. The minimum atomic E-state index is -0.718. The Labute approximate surface area is 224 Å². The Morgan fingerprint density at radius 3 is 2.49 bits per heavy atom. The average Bonchev–Trinajstić information content (AvgIpc) is 2.96. The van der Waals surface area contributed by atoms with Crippen LogP contribution in [0, 0.1) is 17.2 Å². The number of hydrogen-bond acceptors (Lipinski definition) is 10. The van der Waals surface area contributed by atoms with Gasteiger partial charge in [0, 0.05) is 56.5 Å². The maximum Gasteiger partial charge on any atom is 0.216 e. The Morgan fingerprint density at radius 1 is 0.974 bits per heavy atom. The van der Waals surface area contributed by atoms with E-state index in [1.165, 1.54) is 18.3 Å². The van der Waals surface area contributed by atoms with Gasteiger partial charge < -0.3 is 15.4 Å². The molecule has 10 nitrogen and oxygen atoms in total. The molecule has 0 spiro atoms. The lowest BCUT2D eigenvalue weighted by atomic mass is 10.1. The fourth-order valence-corrected chi connectivity index (χ4v) is 4.20. The molecule has 1 aliphatic heterocycles. The van der Waals surface area contributed by atoms with Crippen molar-refractivity contribution >= 4 is 11.6 Å². The Balaban J connectivity index is 1.23. The zero-order valence-corrected chi connectivity index (χ0v) is 21.1. The minimum absolute atomic E-state index is 0.0580. The summed E-state index contributed by atoms with van der Waals surface area (Å²) in [4.78, 5) is 19.8. The number of rotatable bonds is 10. The van der Waals surface area contributed by atoms with Gasteiger partial charge in [0.25, 0.3) is 0 Å². The topological polar surface area (TPSA) is 124 Å². The second-order valence-electron chi connectivity index (χ2n) is 8.93. The van der Waals surface area contributed by atoms with Crippen LogP contribution in [0.15, 0.2) is 66.2 Å². The monoisotopic (exact) mass is 531 g/mol. The third-order valence-electron chi connectivity index (χ3n) is 6.18. The highest BCUT2D eigenvalue weighted by Gasteiger charge is 2.12. The number of anilines is 1. The van der Waals surface area contributed by atoms with Crippen LogP contribution in [-0.2, 0) is 6.54 Å². The fourth-order valence-electron chi connectivity index (χ4n) is 4.20. The summed E-state index contributed by atoms with van der Waals surface area (Å²) in [5.41, 5.74) is 9.60. The maximum atomic E-state index is 13.7. The number of ether oxygens (including phenoxy) is 1. The van der Waals surface area contributed by atoms with E-state index < -0.39 is 11.6 Å². The van der Waals surface area contributed by atoms with Crippen LogP contribution < -0.4 is 15.4 Å². The van der Waals surface area contributed by atoms with Crippen LogP contribution in [0.2, 0.25) is 0 Å². The van der Waals surface area contributed by atoms with Gasteiger partial charge in [0.1, 0.15) is 18.2 Å². The van der Waals surface area contributed by atoms with Crippen molar-refractivity contribution in [1.82, 2.24) is 30.2 Å². The molecule has 1 aliphatic rings. The summed E-state index contributed by atoms with van der Waals surface area (Å²) in [5, 5.41) is 9.85. The van der Waals surface area contributed by atoms with Crippen molar-refractivity contribution in [2.24, 2.45) is 5.11 Å². The Morgan fingerprint density at radius 2 is 1.74 bits per heavy atom. The van der Waals surface area contributed by atoms with Crippen molar-refractivity contribution < 1.29 is 13.5 Å². The zero-order chi connectivity index (χ0) is 27.0. The summed E-state index contributed by atoms with van der Waals surface area (Å²) in [6.07, 6.45) is 4.66. The number of nitrogens with one attached hydrogen (secondary N) is 3. The van der Waals surface area contributed by atoms with E-state index in [1.807, 2.05) is 24.3 Å². The van der Waals surface area contributed by atoms with Crippen molar-refractivity contribution in [3.05, 3.63) is 78.3 Å². The Kier molecular flexibility index (Phi) is 8.34. The molecule has 0 atom stereocenters. The van der Waals surface area contributed by atoms with Gasteiger partial charge in [0.2, 0.25) is 5.82 Å². The lowest BCUT2D eigenvalue weighted by molar-refractivity contribution is 0.191. The summed E-state index contributed by atoms with van der Waals surface area (Å²) in [6.45, 7) is 5.82. The maximum absolute atomic E-state index is 13.7. The predicted molar refractivity (Wildman–Crippen MR) is 142 cm³/mol. The minimum Gasteiger partial charge on any atom is -0.489 e. The van der Waals surface area contributed by atoms with Gasteiger partial charge in [0.15, 0.2) is 17.4 Å². The van der Waals surface area contributed by atoms with E-state index in [0.29, 0.717) is 24.7 Å². The van der Waals surface area contributed by atoms with E-state index in [1.54, 1.807) is 12.4 Å². The van der Waals surface area contributed by atoms with E-state index in [9.17, 15) is 8.78 Å². The van der Waals surface area contributed by atoms with Gasteiger partial charge in [-0.1, -0.05) is 18.2 Å². The smallest absolute Gasteiger partial charge is 0.216 e. The number of hydrogen-bond donors (Lipinski definition) is 3. The predicted octanol–water partition coefficient (Wildman–Crippen LogP) is 4.44. The van der Waals surface area contributed by atoms with Crippen LogP contribution in [0.25, 0.3) is 22.6 Å². The third kappa shape index (κ3) is 6.92. The van der Waals surface area contributed by atoms with Crippen molar-refractivity contribution in [1.29, 1.82) is 5.53 Å². The molecule has 3 N–H and O–H groups in total. The molecule has 0 amide bonds.